The lowest BCUT2D eigenvalue weighted by Gasteiger charge is -2.19. The number of thioether (sulfide) groups is 1. The Kier molecular flexibility index (Phi) is 5.44. The summed E-state index contributed by atoms with van der Waals surface area (Å²) in [5.41, 5.74) is 0.810. The molecule has 8 heteroatoms. The Labute approximate surface area is 176 Å². The van der Waals surface area contributed by atoms with E-state index >= 15 is 0 Å². The highest BCUT2D eigenvalue weighted by Gasteiger charge is 2.25. The number of halogens is 2. The van der Waals surface area contributed by atoms with Gasteiger partial charge in [-0.2, -0.15) is 0 Å². The number of carbonyl (C=O) groups excluding carboxylic acids is 1. The number of rotatable bonds is 4. The number of nitrogens with one attached hydrogen (secondary N) is 1. The van der Waals surface area contributed by atoms with E-state index in [0.29, 0.717) is 15.5 Å². The quantitative estimate of drug-likeness (QED) is 0.575. The molecule has 0 spiro atoms. The molecule has 152 valence electrons. The first-order chi connectivity index (χ1) is 14.3. The second-order valence-electron chi connectivity index (χ2n) is 6.59. The summed E-state index contributed by atoms with van der Waals surface area (Å²) >= 11 is 1.14. The van der Waals surface area contributed by atoms with Crippen LogP contribution in [0.2, 0.25) is 0 Å². The van der Waals surface area contributed by atoms with E-state index in [9.17, 15) is 22.0 Å². The molecule has 1 heterocycles. The highest BCUT2D eigenvalue weighted by molar-refractivity contribution is 8.04. The van der Waals surface area contributed by atoms with Gasteiger partial charge in [0.2, 0.25) is 0 Å². The summed E-state index contributed by atoms with van der Waals surface area (Å²) in [6, 6.07) is 16.7. The van der Waals surface area contributed by atoms with Crippen LogP contribution in [-0.2, 0) is 20.4 Å². The third-order valence-corrected chi connectivity index (χ3v) is 7.22. The van der Waals surface area contributed by atoms with E-state index in [-0.39, 0.29) is 10.8 Å². The van der Waals surface area contributed by atoms with Gasteiger partial charge in [-0.3, -0.25) is 4.79 Å². The molecule has 1 aliphatic rings. The molecular weight excluding hydrogens is 428 g/mol. The fourth-order valence-electron chi connectivity index (χ4n) is 2.97. The van der Waals surface area contributed by atoms with Crippen molar-refractivity contribution in [2.75, 3.05) is 5.32 Å². The number of amides is 1. The molecule has 0 atom stereocenters. The maximum Gasteiger partial charge on any atom is 0.262 e. The van der Waals surface area contributed by atoms with Crippen molar-refractivity contribution in [2.45, 2.75) is 15.5 Å². The first kappa shape index (κ1) is 20.3. The highest BCUT2D eigenvalue weighted by Crippen LogP contribution is 2.40. The van der Waals surface area contributed by atoms with Gasteiger partial charge >= 0.3 is 0 Å². The molecule has 0 fully saturated rings. The first-order valence-electron chi connectivity index (χ1n) is 8.89. The predicted octanol–water partition coefficient (Wildman–Crippen LogP) is 5.02. The molecule has 0 saturated heterocycles. The van der Waals surface area contributed by atoms with Crippen molar-refractivity contribution >= 4 is 39.3 Å². The molecule has 0 unspecified atom stereocenters. The first-order valence-corrected chi connectivity index (χ1v) is 11.4. The van der Waals surface area contributed by atoms with Gasteiger partial charge in [-0.1, -0.05) is 48.2 Å². The average molecular weight is 443 g/mol. The predicted molar refractivity (Wildman–Crippen MR) is 113 cm³/mol. The van der Waals surface area contributed by atoms with E-state index in [1.54, 1.807) is 6.08 Å². The third kappa shape index (κ3) is 4.15. The van der Waals surface area contributed by atoms with Crippen LogP contribution in [-0.4, -0.2) is 14.3 Å². The minimum atomic E-state index is -4.01. The number of hydrogen-bond acceptors (Lipinski definition) is 4. The van der Waals surface area contributed by atoms with Crippen molar-refractivity contribution in [2.24, 2.45) is 0 Å². The summed E-state index contributed by atoms with van der Waals surface area (Å²) < 4.78 is 53.4. The lowest BCUT2D eigenvalue weighted by atomic mass is 10.2. The second-order valence-corrected chi connectivity index (χ2v) is 9.67. The summed E-state index contributed by atoms with van der Waals surface area (Å²) in [4.78, 5) is 13.2. The molecule has 0 radical (unpaired) electrons. The van der Waals surface area contributed by atoms with Gasteiger partial charge in [0.25, 0.3) is 5.91 Å². The molecule has 0 aliphatic carbocycles. The molecule has 3 aromatic rings. The van der Waals surface area contributed by atoms with Gasteiger partial charge in [-0.15, -0.1) is 0 Å². The lowest BCUT2D eigenvalue weighted by Crippen LogP contribution is -2.18. The van der Waals surface area contributed by atoms with E-state index in [0.717, 1.165) is 29.5 Å². The van der Waals surface area contributed by atoms with Gasteiger partial charge in [-0.25, -0.2) is 17.2 Å². The molecule has 1 N–H and O–H groups in total. The second kappa shape index (κ2) is 8.04. The van der Waals surface area contributed by atoms with Crippen LogP contribution in [0, 0.1) is 11.6 Å². The van der Waals surface area contributed by atoms with Crippen molar-refractivity contribution in [3.8, 4) is 0 Å². The Morgan fingerprint density at radius 3 is 2.33 bits per heavy atom. The van der Waals surface area contributed by atoms with Gasteiger partial charge in [0.1, 0.15) is 11.6 Å². The van der Waals surface area contributed by atoms with E-state index in [1.807, 2.05) is 30.3 Å². The van der Waals surface area contributed by atoms with Crippen LogP contribution in [0.4, 0.5) is 14.5 Å². The topological polar surface area (TPSA) is 63.2 Å². The third-order valence-electron chi connectivity index (χ3n) is 4.50. The standard InChI is InChI=1S/C22H15F2NO3S2/c23-17-7-4-8-18(24)16(17)13-30(27,28)15-9-10-19-20(12-15)29-21(22(26)25-19)11-14-5-2-1-3-6-14/h1-12H,13H2,(H,25,26). The average Bonchev–Trinajstić information content (AvgIpc) is 2.72. The summed E-state index contributed by atoms with van der Waals surface area (Å²) in [6.45, 7) is 0. The molecule has 4 nitrogen and oxygen atoms in total. The lowest BCUT2D eigenvalue weighted by molar-refractivity contribution is -0.112. The van der Waals surface area contributed by atoms with Gasteiger partial charge in [0.05, 0.1) is 21.2 Å². The van der Waals surface area contributed by atoms with Crippen molar-refractivity contribution in [1.29, 1.82) is 0 Å². The van der Waals surface area contributed by atoms with Crippen LogP contribution in [0.25, 0.3) is 6.08 Å². The number of hydrogen-bond donors (Lipinski definition) is 1. The number of sulfone groups is 1. The molecule has 30 heavy (non-hydrogen) atoms. The molecule has 0 aromatic heterocycles. The highest BCUT2D eigenvalue weighted by atomic mass is 32.2. The summed E-state index contributed by atoms with van der Waals surface area (Å²) in [7, 11) is -4.01. The van der Waals surface area contributed by atoms with Gasteiger partial charge in [0, 0.05) is 10.5 Å². The fourth-order valence-corrected chi connectivity index (χ4v) is 5.43. The maximum absolute atomic E-state index is 13.9. The number of benzene rings is 3. The minimum absolute atomic E-state index is 0.0772. The van der Waals surface area contributed by atoms with Crippen molar-refractivity contribution in [3.05, 3.63) is 94.4 Å². The smallest absolute Gasteiger partial charge is 0.262 e. The van der Waals surface area contributed by atoms with Crippen LogP contribution < -0.4 is 5.32 Å². The van der Waals surface area contributed by atoms with Crippen molar-refractivity contribution in [3.63, 3.8) is 0 Å². The van der Waals surface area contributed by atoms with Gasteiger partial charge < -0.3 is 5.32 Å². The molecule has 1 amide bonds. The van der Waals surface area contributed by atoms with E-state index < -0.39 is 32.8 Å². The normalized spacial score (nSPS) is 15.0. The Morgan fingerprint density at radius 1 is 0.933 bits per heavy atom. The summed E-state index contributed by atoms with van der Waals surface area (Å²) in [6.07, 6.45) is 1.71. The SMILES string of the molecule is O=C1Nc2ccc(S(=O)(=O)Cc3c(F)cccc3F)cc2SC1=Cc1ccccc1. The maximum atomic E-state index is 13.9. The molecule has 0 bridgehead atoms. The van der Waals surface area contributed by atoms with Crippen LogP contribution in [0.5, 0.6) is 0 Å². The Bertz CT molecular complexity index is 1250. The molecule has 3 aromatic carbocycles. The number of carbonyl (C=O) groups is 1. The zero-order valence-corrected chi connectivity index (χ0v) is 17.1. The molecule has 0 saturated carbocycles. The summed E-state index contributed by atoms with van der Waals surface area (Å²) in [5, 5.41) is 2.73. The number of anilines is 1. The zero-order chi connectivity index (χ0) is 21.3. The van der Waals surface area contributed by atoms with E-state index in [2.05, 4.69) is 5.32 Å². The van der Waals surface area contributed by atoms with Crippen LogP contribution >= 0.6 is 11.8 Å². The Hall–Kier alpha value is -2.97. The van der Waals surface area contributed by atoms with Crippen LogP contribution in [0.15, 0.2) is 81.4 Å². The summed E-state index contributed by atoms with van der Waals surface area (Å²) in [5.74, 6) is -2.91. The van der Waals surface area contributed by atoms with E-state index in [1.165, 1.54) is 24.3 Å². The monoisotopic (exact) mass is 443 g/mol. The van der Waals surface area contributed by atoms with Crippen molar-refractivity contribution in [1.82, 2.24) is 0 Å². The van der Waals surface area contributed by atoms with Crippen molar-refractivity contribution < 1.29 is 22.0 Å². The zero-order valence-electron chi connectivity index (χ0n) is 15.4. The Morgan fingerprint density at radius 2 is 1.63 bits per heavy atom. The number of fused-ring (bicyclic) bond motifs is 1. The van der Waals surface area contributed by atoms with Gasteiger partial charge in [-0.05, 0) is 42.0 Å². The molecular formula is C22H15F2NO3S2. The van der Waals surface area contributed by atoms with Crippen LogP contribution in [0.3, 0.4) is 0 Å². The van der Waals surface area contributed by atoms with Crippen LogP contribution in [0.1, 0.15) is 11.1 Å². The molecule has 4 rings (SSSR count). The largest absolute Gasteiger partial charge is 0.320 e. The van der Waals surface area contributed by atoms with E-state index in [4.69, 9.17) is 0 Å². The van der Waals surface area contributed by atoms with Gasteiger partial charge in [0.15, 0.2) is 9.84 Å². The molecule has 1 aliphatic heterocycles. The fraction of sp³-hybridized carbons (Fsp3) is 0.0455. The Balaban J connectivity index is 1.66. The minimum Gasteiger partial charge on any atom is -0.320 e.